The van der Waals surface area contributed by atoms with Gasteiger partial charge in [0.1, 0.15) is 0 Å². The van der Waals surface area contributed by atoms with Crippen molar-refractivity contribution in [1.29, 1.82) is 0 Å². The zero-order valence-corrected chi connectivity index (χ0v) is 18.5. The van der Waals surface area contributed by atoms with E-state index >= 15 is 0 Å². The van der Waals surface area contributed by atoms with Crippen LogP contribution in [0.4, 0.5) is 21.3 Å². The van der Waals surface area contributed by atoms with E-state index in [2.05, 4.69) is 20.9 Å². The first-order chi connectivity index (χ1) is 15.0. The summed E-state index contributed by atoms with van der Waals surface area (Å²) in [4.78, 5) is 28.7. The van der Waals surface area contributed by atoms with E-state index in [1.165, 1.54) is 18.4 Å². The third-order valence-electron chi connectivity index (χ3n) is 4.13. The molecule has 0 saturated carbocycles. The van der Waals surface area contributed by atoms with Crippen LogP contribution in [0.25, 0.3) is 0 Å². The molecule has 1 heterocycles. The van der Waals surface area contributed by atoms with E-state index in [9.17, 15) is 9.59 Å². The van der Waals surface area contributed by atoms with Crippen molar-refractivity contribution in [3.05, 3.63) is 58.6 Å². The van der Waals surface area contributed by atoms with Gasteiger partial charge >= 0.3 is 6.03 Å². The number of methoxy groups -OCH3 is 2. The Morgan fingerprint density at radius 3 is 2.52 bits per heavy atom. The quantitative estimate of drug-likeness (QED) is 0.437. The number of aromatic nitrogens is 1. The molecule has 3 amide bonds. The van der Waals surface area contributed by atoms with Crippen LogP contribution in [0, 0.1) is 0 Å². The highest BCUT2D eigenvalue weighted by Gasteiger charge is 2.11. The molecule has 0 aliphatic rings. The Labute approximate surface area is 188 Å². The highest BCUT2D eigenvalue weighted by Crippen LogP contribution is 2.29. The second-order valence-corrected chi connectivity index (χ2v) is 7.65. The summed E-state index contributed by atoms with van der Waals surface area (Å²) >= 11 is 7.19. The molecule has 10 heteroatoms. The summed E-state index contributed by atoms with van der Waals surface area (Å²) in [5.41, 5.74) is 1.90. The van der Waals surface area contributed by atoms with Gasteiger partial charge in [-0.05, 0) is 36.8 Å². The van der Waals surface area contributed by atoms with Gasteiger partial charge in [-0.25, -0.2) is 9.78 Å². The standard InChI is InChI=1S/C21H21ClN4O4S/c1-29-17-8-6-15(11-18(17)30-2)23-19(27)9-7-16-12-31-21(25-16)26-20(28)24-14-5-3-4-13(22)10-14/h3-6,8,10-12H,7,9H2,1-2H3,(H,23,27)(H2,24,25,26,28). The van der Waals surface area contributed by atoms with Gasteiger partial charge in [-0.2, -0.15) is 0 Å². The number of amides is 3. The first kappa shape index (κ1) is 22.4. The van der Waals surface area contributed by atoms with Gasteiger partial charge in [0.2, 0.25) is 5.91 Å². The van der Waals surface area contributed by atoms with Gasteiger partial charge < -0.3 is 20.1 Å². The lowest BCUT2D eigenvalue weighted by Crippen LogP contribution is -2.19. The molecule has 0 fully saturated rings. The van der Waals surface area contributed by atoms with Gasteiger partial charge in [0.25, 0.3) is 0 Å². The zero-order chi connectivity index (χ0) is 22.2. The Bertz CT molecular complexity index is 1070. The Balaban J connectivity index is 1.48. The summed E-state index contributed by atoms with van der Waals surface area (Å²) in [6.45, 7) is 0. The summed E-state index contributed by atoms with van der Waals surface area (Å²) in [7, 11) is 3.08. The monoisotopic (exact) mass is 460 g/mol. The summed E-state index contributed by atoms with van der Waals surface area (Å²) in [6.07, 6.45) is 0.680. The molecule has 162 valence electrons. The third-order valence-corrected chi connectivity index (χ3v) is 5.17. The van der Waals surface area contributed by atoms with E-state index in [0.717, 1.165) is 0 Å². The topological polar surface area (TPSA) is 102 Å². The molecule has 31 heavy (non-hydrogen) atoms. The van der Waals surface area contributed by atoms with Crippen molar-refractivity contribution in [2.45, 2.75) is 12.8 Å². The summed E-state index contributed by atoms with van der Waals surface area (Å²) in [6, 6.07) is 11.6. The number of carbonyl (C=O) groups is 2. The molecule has 3 N–H and O–H groups in total. The highest BCUT2D eigenvalue weighted by atomic mass is 35.5. The van der Waals surface area contributed by atoms with Crippen molar-refractivity contribution in [2.75, 3.05) is 30.2 Å². The predicted octanol–water partition coefficient (Wildman–Crippen LogP) is 5.03. The maximum absolute atomic E-state index is 12.3. The van der Waals surface area contributed by atoms with Crippen molar-refractivity contribution < 1.29 is 19.1 Å². The largest absolute Gasteiger partial charge is 0.493 e. The number of aryl methyl sites for hydroxylation is 1. The number of thiazole rings is 1. The van der Waals surface area contributed by atoms with Crippen molar-refractivity contribution in [2.24, 2.45) is 0 Å². The number of nitrogens with zero attached hydrogens (tertiary/aromatic N) is 1. The van der Waals surface area contributed by atoms with Crippen LogP contribution < -0.4 is 25.4 Å². The molecular formula is C21H21ClN4O4S. The normalized spacial score (nSPS) is 10.3. The Morgan fingerprint density at radius 2 is 1.77 bits per heavy atom. The molecule has 0 aliphatic carbocycles. The van der Waals surface area contributed by atoms with E-state index < -0.39 is 6.03 Å². The molecule has 1 aromatic heterocycles. The number of halogens is 1. The van der Waals surface area contributed by atoms with Gasteiger partial charge in [-0.15, -0.1) is 11.3 Å². The molecule has 0 spiro atoms. The van der Waals surface area contributed by atoms with Crippen LogP contribution in [-0.4, -0.2) is 31.1 Å². The minimum Gasteiger partial charge on any atom is -0.493 e. The number of rotatable bonds is 8. The van der Waals surface area contributed by atoms with Crippen molar-refractivity contribution in [1.82, 2.24) is 4.98 Å². The molecule has 0 bridgehead atoms. The molecule has 0 aliphatic heterocycles. The fourth-order valence-electron chi connectivity index (χ4n) is 2.68. The zero-order valence-electron chi connectivity index (χ0n) is 16.9. The van der Waals surface area contributed by atoms with Gasteiger partial charge in [0.05, 0.1) is 19.9 Å². The van der Waals surface area contributed by atoms with Crippen LogP contribution in [0.1, 0.15) is 12.1 Å². The molecular weight excluding hydrogens is 440 g/mol. The number of urea groups is 1. The summed E-state index contributed by atoms with van der Waals surface area (Å²) < 4.78 is 10.4. The Kier molecular flexibility index (Phi) is 7.69. The van der Waals surface area contributed by atoms with Crippen LogP contribution >= 0.6 is 22.9 Å². The molecule has 0 radical (unpaired) electrons. The Morgan fingerprint density at radius 1 is 1.00 bits per heavy atom. The van der Waals surface area contributed by atoms with E-state index in [4.69, 9.17) is 21.1 Å². The first-order valence-electron chi connectivity index (χ1n) is 9.26. The first-order valence-corrected chi connectivity index (χ1v) is 10.5. The molecule has 3 aromatic rings. The van der Waals surface area contributed by atoms with Crippen molar-refractivity contribution in [3.8, 4) is 11.5 Å². The number of ether oxygens (including phenoxy) is 2. The number of nitrogens with one attached hydrogen (secondary N) is 3. The van der Waals surface area contributed by atoms with Gasteiger partial charge in [-0.1, -0.05) is 17.7 Å². The van der Waals surface area contributed by atoms with Crippen LogP contribution in [0.3, 0.4) is 0 Å². The van der Waals surface area contributed by atoms with Crippen LogP contribution in [0.5, 0.6) is 11.5 Å². The fourth-order valence-corrected chi connectivity index (χ4v) is 3.61. The van der Waals surface area contributed by atoms with Crippen molar-refractivity contribution >= 4 is 51.4 Å². The minimum absolute atomic E-state index is 0.159. The van der Waals surface area contributed by atoms with Gasteiger partial charge in [-0.3, -0.25) is 10.1 Å². The molecule has 0 saturated heterocycles. The lowest BCUT2D eigenvalue weighted by Gasteiger charge is -2.10. The molecule has 3 rings (SSSR count). The van der Waals surface area contributed by atoms with Gasteiger partial charge in [0.15, 0.2) is 16.6 Å². The van der Waals surface area contributed by atoms with Crippen LogP contribution in [-0.2, 0) is 11.2 Å². The number of anilines is 3. The molecule has 0 atom stereocenters. The minimum atomic E-state index is -0.422. The number of benzene rings is 2. The predicted molar refractivity (Wildman–Crippen MR) is 123 cm³/mol. The summed E-state index contributed by atoms with van der Waals surface area (Å²) in [5.74, 6) is 0.961. The maximum Gasteiger partial charge on any atom is 0.325 e. The second-order valence-electron chi connectivity index (χ2n) is 6.35. The van der Waals surface area contributed by atoms with E-state index in [-0.39, 0.29) is 12.3 Å². The van der Waals surface area contributed by atoms with Crippen LogP contribution in [0.2, 0.25) is 5.02 Å². The van der Waals surface area contributed by atoms with Crippen LogP contribution in [0.15, 0.2) is 47.8 Å². The smallest absolute Gasteiger partial charge is 0.325 e. The lowest BCUT2D eigenvalue weighted by molar-refractivity contribution is -0.116. The number of hydrogen-bond acceptors (Lipinski definition) is 6. The third kappa shape index (κ3) is 6.59. The number of hydrogen-bond donors (Lipinski definition) is 3. The van der Waals surface area contributed by atoms with Gasteiger partial charge in [0, 0.05) is 34.3 Å². The van der Waals surface area contributed by atoms with E-state index in [1.807, 2.05) is 0 Å². The SMILES string of the molecule is COc1ccc(NC(=O)CCc2csc(NC(=O)Nc3cccc(Cl)c3)n2)cc1OC. The van der Waals surface area contributed by atoms with Crippen molar-refractivity contribution in [3.63, 3.8) is 0 Å². The molecule has 8 nitrogen and oxygen atoms in total. The lowest BCUT2D eigenvalue weighted by atomic mass is 10.2. The highest BCUT2D eigenvalue weighted by molar-refractivity contribution is 7.13. The maximum atomic E-state index is 12.3. The molecule has 2 aromatic carbocycles. The average Bonchev–Trinajstić information content (AvgIpc) is 3.19. The van der Waals surface area contributed by atoms with E-state index in [1.54, 1.807) is 55.0 Å². The average molecular weight is 461 g/mol. The summed E-state index contributed by atoms with van der Waals surface area (Å²) in [5, 5.41) is 10.9. The fraction of sp³-hybridized carbons (Fsp3) is 0.190. The number of carbonyl (C=O) groups excluding carboxylic acids is 2. The van der Waals surface area contributed by atoms with E-state index in [0.29, 0.717) is 45.1 Å². The molecule has 0 unspecified atom stereocenters. The Hall–Kier alpha value is -3.30. The second kappa shape index (κ2) is 10.6.